The Balaban J connectivity index is 2.01. The Morgan fingerprint density at radius 3 is 2.45 bits per heavy atom. The van der Waals surface area contributed by atoms with E-state index in [1.54, 1.807) is 6.07 Å². The molecule has 0 aliphatic carbocycles. The molecule has 4 heteroatoms. The van der Waals surface area contributed by atoms with Crippen molar-refractivity contribution in [3.05, 3.63) is 69.2 Å². The molecule has 0 spiro atoms. The Morgan fingerprint density at radius 1 is 1.15 bits per heavy atom. The van der Waals surface area contributed by atoms with Crippen LogP contribution in [-0.4, -0.2) is 0 Å². The first kappa shape index (κ1) is 14.9. The molecule has 0 aliphatic heterocycles. The summed E-state index contributed by atoms with van der Waals surface area (Å²) in [5.74, 6) is 0. The van der Waals surface area contributed by atoms with Gasteiger partial charge >= 0.3 is 0 Å². The highest BCUT2D eigenvalue weighted by molar-refractivity contribution is 6.35. The van der Waals surface area contributed by atoms with E-state index in [0.29, 0.717) is 22.2 Å². The van der Waals surface area contributed by atoms with Crippen LogP contribution in [0, 0.1) is 11.3 Å². The minimum absolute atomic E-state index is 0.121. The number of nitrogens with one attached hydrogen (secondary N) is 1. The van der Waals surface area contributed by atoms with Crippen LogP contribution in [0.15, 0.2) is 42.5 Å². The van der Waals surface area contributed by atoms with Crippen molar-refractivity contribution in [1.82, 2.24) is 5.32 Å². The van der Waals surface area contributed by atoms with E-state index in [1.807, 2.05) is 36.4 Å². The first-order valence-corrected chi connectivity index (χ1v) is 7.03. The second-order valence-electron chi connectivity index (χ2n) is 4.58. The second kappa shape index (κ2) is 6.76. The van der Waals surface area contributed by atoms with Crippen LogP contribution in [0.25, 0.3) is 0 Å². The number of nitrogens with zero attached hydrogens (tertiary/aromatic N) is 1. The molecule has 0 saturated heterocycles. The van der Waals surface area contributed by atoms with Gasteiger partial charge in [-0.2, -0.15) is 5.26 Å². The molecule has 0 heterocycles. The fraction of sp³-hybridized carbons (Fsp3) is 0.188. The molecule has 0 radical (unpaired) electrons. The van der Waals surface area contributed by atoms with Crippen LogP contribution in [0.3, 0.4) is 0 Å². The Hall–Kier alpha value is -1.53. The maximum absolute atomic E-state index is 8.76. The smallest absolute Gasteiger partial charge is 0.0991 e. The second-order valence-corrected chi connectivity index (χ2v) is 5.42. The van der Waals surface area contributed by atoms with Gasteiger partial charge in [0.15, 0.2) is 0 Å². The highest BCUT2D eigenvalue weighted by Crippen LogP contribution is 2.26. The van der Waals surface area contributed by atoms with Crippen molar-refractivity contribution >= 4 is 23.2 Å². The van der Waals surface area contributed by atoms with Crippen molar-refractivity contribution in [3.8, 4) is 6.07 Å². The zero-order chi connectivity index (χ0) is 14.5. The minimum atomic E-state index is 0.121. The summed E-state index contributed by atoms with van der Waals surface area (Å²) in [5, 5.41) is 13.5. The van der Waals surface area contributed by atoms with Gasteiger partial charge in [0.25, 0.3) is 0 Å². The molecule has 102 valence electrons. The molecule has 2 nitrogen and oxygen atoms in total. The van der Waals surface area contributed by atoms with Crippen molar-refractivity contribution in [2.75, 3.05) is 0 Å². The maximum atomic E-state index is 8.76. The molecule has 2 rings (SSSR count). The summed E-state index contributed by atoms with van der Waals surface area (Å²) in [7, 11) is 0. The van der Waals surface area contributed by atoms with Crippen molar-refractivity contribution in [2.45, 2.75) is 19.5 Å². The number of hydrogen-bond donors (Lipinski definition) is 1. The van der Waals surface area contributed by atoms with Crippen LogP contribution in [0.1, 0.15) is 29.7 Å². The van der Waals surface area contributed by atoms with Gasteiger partial charge in [-0.3, -0.25) is 0 Å². The molecular weight excluding hydrogens is 291 g/mol. The Morgan fingerprint density at radius 2 is 1.85 bits per heavy atom. The molecule has 1 N–H and O–H groups in total. The molecular formula is C16H14Cl2N2. The van der Waals surface area contributed by atoms with Gasteiger partial charge in [0.2, 0.25) is 0 Å². The number of nitriles is 1. The van der Waals surface area contributed by atoms with Crippen LogP contribution in [0.4, 0.5) is 0 Å². The number of halogens is 2. The summed E-state index contributed by atoms with van der Waals surface area (Å²) in [6.07, 6.45) is 0. The minimum Gasteiger partial charge on any atom is -0.306 e. The summed E-state index contributed by atoms with van der Waals surface area (Å²) in [6, 6.07) is 15.3. The van der Waals surface area contributed by atoms with Gasteiger partial charge < -0.3 is 5.32 Å². The van der Waals surface area contributed by atoms with Gasteiger partial charge in [-0.05, 0) is 42.3 Å². The predicted octanol–water partition coefficient (Wildman–Crippen LogP) is 4.72. The average Bonchev–Trinajstić information content (AvgIpc) is 2.45. The van der Waals surface area contributed by atoms with Crippen molar-refractivity contribution in [2.24, 2.45) is 0 Å². The van der Waals surface area contributed by atoms with Crippen LogP contribution < -0.4 is 5.32 Å². The van der Waals surface area contributed by atoms with E-state index in [1.165, 1.54) is 0 Å². The summed E-state index contributed by atoms with van der Waals surface area (Å²) >= 11 is 12.1. The lowest BCUT2D eigenvalue weighted by Gasteiger charge is -2.16. The molecule has 2 aromatic rings. The van der Waals surface area contributed by atoms with Crippen LogP contribution in [-0.2, 0) is 6.54 Å². The zero-order valence-corrected chi connectivity index (χ0v) is 12.5. The number of benzene rings is 2. The van der Waals surface area contributed by atoms with Gasteiger partial charge in [-0.25, -0.2) is 0 Å². The maximum Gasteiger partial charge on any atom is 0.0991 e. The van der Waals surface area contributed by atoms with E-state index in [2.05, 4.69) is 18.3 Å². The molecule has 0 fully saturated rings. The molecule has 0 bridgehead atoms. The summed E-state index contributed by atoms with van der Waals surface area (Å²) in [6.45, 7) is 2.77. The van der Waals surface area contributed by atoms with E-state index in [4.69, 9.17) is 28.5 Å². The first-order valence-electron chi connectivity index (χ1n) is 6.27. The lowest BCUT2D eigenvalue weighted by atomic mass is 10.1. The molecule has 2 aromatic carbocycles. The lowest BCUT2D eigenvalue weighted by molar-refractivity contribution is 0.575. The quantitative estimate of drug-likeness (QED) is 0.887. The molecule has 20 heavy (non-hydrogen) atoms. The van der Waals surface area contributed by atoms with Crippen LogP contribution >= 0.6 is 23.2 Å². The van der Waals surface area contributed by atoms with E-state index >= 15 is 0 Å². The number of rotatable bonds is 4. The summed E-state index contributed by atoms with van der Waals surface area (Å²) < 4.78 is 0. The third kappa shape index (κ3) is 3.74. The molecule has 0 aromatic heterocycles. The Kier molecular flexibility index (Phi) is 5.03. The average molecular weight is 305 g/mol. The number of hydrogen-bond acceptors (Lipinski definition) is 2. The van der Waals surface area contributed by atoms with Gasteiger partial charge in [-0.15, -0.1) is 0 Å². The van der Waals surface area contributed by atoms with Crippen LogP contribution in [0.5, 0.6) is 0 Å². The predicted molar refractivity (Wildman–Crippen MR) is 82.9 cm³/mol. The van der Waals surface area contributed by atoms with Gasteiger partial charge in [0.1, 0.15) is 0 Å². The molecule has 0 aliphatic rings. The topological polar surface area (TPSA) is 35.8 Å². The molecule has 0 saturated carbocycles. The monoisotopic (exact) mass is 304 g/mol. The highest BCUT2D eigenvalue weighted by atomic mass is 35.5. The van der Waals surface area contributed by atoms with Gasteiger partial charge in [-0.1, -0.05) is 41.4 Å². The molecule has 1 unspecified atom stereocenters. The van der Waals surface area contributed by atoms with Crippen molar-refractivity contribution < 1.29 is 0 Å². The largest absolute Gasteiger partial charge is 0.306 e. The van der Waals surface area contributed by atoms with E-state index in [0.717, 1.165) is 11.1 Å². The van der Waals surface area contributed by atoms with Gasteiger partial charge in [0.05, 0.1) is 11.6 Å². The molecule has 0 amide bonds. The third-order valence-electron chi connectivity index (χ3n) is 3.12. The zero-order valence-electron chi connectivity index (χ0n) is 11.0. The fourth-order valence-electron chi connectivity index (χ4n) is 1.93. The molecule has 1 atom stereocenters. The summed E-state index contributed by atoms with van der Waals surface area (Å²) in [5.41, 5.74) is 2.81. The normalized spacial score (nSPS) is 11.9. The SMILES string of the molecule is CC(NCc1ccc(C#N)cc1)c1ccc(Cl)cc1Cl. The van der Waals surface area contributed by atoms with E-state index in [9.17, 15) is 0 Å². The summed E-state index contributed by atoms with van der Waals surface area (Å²) in [4.78, 5) is 0. The highest BCUT2D eigenvalue weighted by Gasteiger charge is 2.09. The Bertz CT molecular complexity index is 630. The Labute approximate surface area is 128 Å². The fourth-order valence-corrected chi connectivity index (χ4v) is 2.50. The van der Waals surface area contributed by atoms with E-state index in [-0.39, 0.29) is 6.04 Å². The van der Waals surface area contributed by atoms with Gasteiger partial charge in [0, 0.05) is 22.6 Å². The van der Waals surface area contributed by atoms with Crippen molar-refractivity contribution in [3.63, 3.8) is 0 Å². The standard InChI is InChI=1S/C16H14Cl2N2/c1-11(15-7-6-14(17)8-16(15)18)20-10-13-4-2-12(9-19)3-5-13/h2-8,11,20H,10H2,1H3. The first-order chi connectivity index (χ1) is 9.60. The third-order valence-corrected chi connectivity index (χ3v) is 3.69. The van der Waals surface area contributed by atoms with E-state index < -0.39 is 0 Å². The van der Waals surface area contributed by atoms with Crippen molar-refractivity contribution in [1.29, 1.82) is 5.26 Å². The lowest BCUT2D eigenvalue weighted by Crippen LogP contribution is -2.18. The van der Waals surface area contributed by atoms with Crippen LogP contribution in [0.2, 0.25) is 10.0 Å².